The van der Waals surface area contributed by atoms with Gasteiger partial charge in [0, 0.05) is 6.04 Å². The highest BCUT2D eigenvalue weighted by Crippen LogP contribution is 2.38. The summed E-state index contributed by atoms with van der Waals surface area (Å²) in [5, 5.41) is 3.16. The highest BCUT2D eigenvalue weighted by molar-refractivity contribution is 5.29. The van der Waals surface area contributed by atoms with E-state index in [0.717, 1.165) is 11.3 Å². The van der Waals surface area contributed by atoms with Crippen LogP contribution in [0.3, 0.4) is 0 Å². The standard InChI is InChI=1S/C15H20F3NO/c1-10(2)20-13-5-3-11(4-6-13)14-9-12(7-8-19-14)15(16,17)18/h3-6,10,12,14,19H,7-9H2,1-2H3. The third-order valence-corrected chi connectivity index (χ3v) is 3.52. The van der Waals surface area contributed by atoms with Crippen molar-refractivity contribution in [2.24, 2.45) is 5.92 Å². The first-order valence-electron chi connectivity index (χ1n) is 6.93. The molecule has 1 aliphatic heterocycles. The lowest BCUT2D eigenvalue weighted by Crippen LogP contribution is -2.37. The molecule has 0 spiro atoms. The van der Waals surface area contributed by atoms with Crippen LogP contribution < -0.4 is 10.1 Å². The fraction of sp³-hybridized carbons (Fsp3) is 0.600. The van der Waals surface area contributed by atoms with Crippen molar-refractivity contribution in [2.45, 2.75) is 45.0 Å². The Balaban J connectivity index is 2.04. The summed E-state index contributed by atoms with van der Waals surface area (Å²) in [4.78, 5) is 0. The maximum Gasteiger partial charge on any atom is 0.391 e. The fourth-order valence-corrected chi connectivity index (χ4v) is 2.52. The minimum Gasteiger partial charge on any atom is -0.491 e. The molecule has 0 aromatic heterocycles. The van der Waals surface area contributed by atoms with Gasteiger partial charge in [-0.25, -0.2) is 0 Å². The van der Waals surface area contributed by atoms with E-state index in [1.54, 1.807) is 0 Å². The van der Waals surface area contributed by atoms with Crippen molar-refractivity contribution >= 4 is 0 Å². The lowest BCUT2D eigenvalue weighted by Gasteiger charge is -2.32. The third kappa shape index (κ3) is 3.88. The van der Waals surface area contributed by atoms with Gasteiger partial charge >= 0.3 is 6.18 Å². The summed E-state index contributed by atoms with van der Waals surface area (Å²) in [6.07, 6.45) is -3.74. The predicted molar refractivity (Wildman–Crippen MR) is 71.7 cm³/mol. The van der Waals surface area contributed by atoms with Crippen molar-refractivity contribution in [3.05, 3.63) is 29.8 Å². The number of halogens is 3. The summed E-state index contributed by atoms with van der Waals surface area (Å²) in [7, 11) is 0. The molecule has 1 aromatic rings. The van der Waals surface area contributed by atoms with Crippen molar-refractivity contribution < 1.29 is 17.9 Å². The molecule has 1 heterocycles. The van der Waals surface area contributed by atoms with Crippen LogP contribution in [0.5, 0.6) is 5.75 Å². The second-order valence-electron chi connectivity index (χ2n) is 5.51. The van der Waals surface area contributed by atoms with Gasteiger partial charge in [0.15, 0.2) is 0 Å². The van der Waals surface area contributed by atoms with E-state index < -0.39 is 12.1 Å². The van der Waals surface area contributed by atoms with Crippen LogP contribution in [0.25, 0.3) is 0 Å². The molecule has 2 atom stereocenters. The first-order valence-corrected chi connectivity index (χ1v) is 6.93. The number of ether oxygens (including phenoxy) is 1. The second kappa shape index (κ2) is 6.04. The van der Waals surface area contributed by atoms with Gasteiger partial charge in [-0.3, -0.25) is 0 Å². The van der Waals surface area contributed by atoms with Gasteiger partial charge in [0.25, 0.3) is 0 Å². The molecule has 1 saturated heterocycles. The van der Waals surface area contributed by atoms with E-state index in [9.17, 15) is 13.2 Å². The van der Waals surface area contributed by atoms with Crippen LogP contribution in [-0.4, -0.2) is 18.8 Å². The molecule has 1 aromatic carbocycles. The molecule has 0 radical (unpaired) electrons. The zero-order valence-corrected chi connectivity index (χ0v) is 11.7. The third-order valence-electron chi connectivity index (χ3n) is 3.52. The van der Waals surface area contributed by atoms with Gasteiger partial charge in [0.1, 0.15) is 5.75 Å². The first kappa shape index (κ1) is 15.2. The Morgan fingerprint density at radius 3 is 2.40 bits per heavy atom. The summed E-state index contributed by atoms with van der Waals surface area (Å²) >= 11 is 0. The van der Waals surface area contributed by atoms with Crippen molar-refractivity contribution in [2.75, 3.05) is 6.54 Å². The zero-order valence-electron chi connectivity index (χ0n) is 11.7. The first-order chi connectivity index (χ1) is 9.36. The molecular formula is C15H20F3NO. The quantitative estimate of drug-likeness (QED) is 0.904. The van der Waals surface area contributed by atoms with Crippen LogP contribution >= 0.6 is 0 Å². The molecule has 2 nitrogen and oxygen atoms in total. The van der Waals surface area contributed by atoms with Crippen LogP contribution in [-0.2, 0) is 0 Å². The molecule has 20 heavy (non-hydrogen) atoms. The number of alkyl halides is 3. The van der Waals surface area contributed by atoms with Crippen molar-refractivity contribution in [3.8, 4) is 5.75 Å². The molecule has 0 bridgehead atoms. The molecule has 2 unspecified atom stereocenters. The topological polar surface area (TPSA) is 21.3 Å². The number of rotatable bonds is 3. The Morgan fingerprint density at radius 2 is 1.85 bits per heavy atom. The van der Waals surface area contributed by atoms with E-state index in [-0.39, 0.29) is 25.0 Å². The van der Waals surface area contributed by atoms with Crippen LogP contribution in [0, 0.1) is 5.92 Å². The van der Waals surface area contributed by atoms with Gasteiger partial charge in [0.2, 0.25) is 0 Å². The normalized spacial score (nSPS) is 23.9. The van der Waals surface area contributed by atoms with Gasteiger partial charge in [-0.05, 0) is 50.9 Å². The van der Waals surface area contributed by atoms with Gasteiger partial charge in [-0.15, -0.1) is 0 Å². The highest BCUT2D eigenvalue weighted by atomic mass is 19.4. The molecule has 112 valence electrons. The van der Waals surface area contributed by atoms with Crippen molar-refractivity contribution in [1.82, 2.24) is 5.32 Å². The molecule has 0 aliphatic carbocycles. The maximum absolute atomic E-state index is 12.8. The summed E-state index contributed by atoms with van der Waals surface area (Å²) in [6, 6.07) is 7.08. The average Bonchev–Trinajstić information content (AvgIpc) is 2.38. The Bertz CT molecular complexity index is 428. The summed E-state index contributed by atoms with van der Waals surface area (Å²) in [5.74, 6) is -0.465. The zero-order chi connectivity index (χ0) is 14.8. The molecule has 2 rings (SSSR count). The van der Waals surface area contributed by atoms with Crippen molar-refractivity contribution in [1.29, 1.82) is 0 Å². The van der Waals surface area contributed by atoms with Crippen LogP contribution in [0.1, 0.15) is 38.3 Å². The van der Waals surface area contributed by atoms with E-state index >= 15 is 0 Å². The molecule has 1 aliphatic rings. The Morgan fingerprint density at radius 1 is 1.20 bits per heavy atom. The lowest BCUT2D eigenvalue weighted by molar-refractivity contribution is -0.183. The summed E-state index contributed by atoms with van der Waals surface area (Å²) in [6.45, 7) is 4.27. The molecule has 5 heteroatoms. The van der Waals surface area contributed by atoms with Crippen LogP contribution in [0.4, 0.5) is 13.2 Å². The highest BCUT2D eigenvalue weighted by Gasteiger charge is 2.42. The Hall–Kier alpha value is -1.23. The minimum atomic E-state index is -4.10. The van der Waals surface area contributed by atoms with E-state index in [1.807, 2.05) is 38.1 Å². The van der Waals surface area contributed by atoms with Crippen LogP contribution in [0.15, 0.2) is 24.3 Å². The van der Waals surface area contributed by atoms with Gasteiger partial charge < -0.3 is 10.1 Å². The van der Waals surface area contributed by atoms with Crippen LogP contribution in [0.2, 0.25) is 0 Å². The molecular weight excluding hydrogens is 267 g/mol. The number of hydrogen-bond donors (Lipinski definition) is 1. The Kier molecular flexibility index (Phi) is 4.58. The number of benzene rings is 1. The SMILES string of the molecule is CC(C)Oc1ccc(C2CC(C(F)(F)F)CCN2)cc1. The van der Waals surface area contributed by atoms with Crippen molar-refractivity contribution in [3.63, 3.8) is 0 Å². The predicted octanol–water partition coefficient (Wildman–Crippen LogP) is 4.08. The number of nitrogens with one attached hydrogen (secondary N) is 1. The monoisotopic (exact) mass is 287 g/mol. The van der Waals surface area contributed by atoms with E-state index in [1.165, 1.54) is 0 Å². The smallest absolute Gasteiger partial charge is 0.391 e. The van der Waals surface area contributed by atoms with Gasteiger partial charge in [0.05, 0.1) is 12.0 Å². The summed E-state index contributed by atoms with van der Waals surface area (Å²) < 4.78 is 43.9. The molecule has 0 saturated carbocycles. The number of hydrogen-bond acceptors (Lipinski definition) is 2. The molecule has 0 amide bonds. The maximum atomic E-state index is 12.8. The largest absolute Gasteiger partial charge is 0.491 e. The average molecular weight is 287 g/mol. The number of piperidine rings is 1. The lowest BCUT2D eigenvalue weighted by atomic mass is 9.88. The van der Waals surface area contributed by atoms with Gasteiger partial charge in [-0.1, -0.05) is 12.1 Å². The van der Waals surface area contributed by atoms with E-state index in [4.69, 9.17) is 4.74 Å². The second-order valence-corrected chi connectivity index (χ2v) is 5.51. The molecule has 1 N–H and O–H groups in total. The van der Waals surface area contributed by atoms with E-state index in [2.05, 4.69) is 5.32 Å². The van der Waals surface area contributed by atoms with Gasteiger partial charge in [-0.2, -0.15) is 13.2 Å². The fourth-order valence-electron chi connectivity index (χ4n) is 2.52. The summed E-state index contributed by atoms with van der Waals surface area (Å²) in [5.41, 5.74) is 0.884. The van der Waals surface area contributed by atoms with E-state index in [0.29, 0.717) is 6.54 Å². The molecule has 1 fully saturated rings. The minimum absolute atomic E-state index is 0.0864. The Labute approximate surface area is 117 Å².